The Morgan fingerprint density at radius 1 is 0.814 bits per heavy atom. The molecule has 0 saturated heterocycles. The molecule has 0 fully saturated rings. The molecule has 1 aromatic heterocycles. The normalized spacial score (nSPS) is 11.0. The van der Waals surface area contributed by atoms with E-state index >= 15 is 0 Å². The second-order valence-electron chi connectivity index (χ2n) is 11.3. The molecule has 3 rings (SSSR count). The summed E-state index contributed by atoms with van der Waals surface area (Å²) in [4.78, 5) is 42.9. The van der Waals surface area contributed by atoms with Gasteiger partial charge in [-0.05, 0) is 36.2 Å². The van der Waals surface area contributed by atoms with Crippen molar-refractivity contribution < 1.29 is 18.4 Å². The van der Waals surface area contributed by atoms with Crippen molar-refractivity contribution in [3.8, 4) is 0 Å². The van der Waals surface area contributed by atoms with Gasteiger partial charge in [-0.1, -0.05) is 101 Å². The lowest BCUT2D eigenvalue weighted by Gasteiger charge is -2.27. The number of halogens is 1. The molecule has 1 heterocycles. The fourth-order valence-corrected chi connectivity index (χ4v) is 5.25. The van der Waals surface area contributed by atoms with Crippen LogP contribution in [0.4, 0.5) is 4.39 Å². The highest BCUT2D eigenvalue weighted by Gasteiger charge is 2.22. The summed E-state index contributed by atoms with van der Waals surface area (Å²) in [6.45, 7) is 6.28. The van der Waals surface area contributed by atoms with Gasteiger partial charge in [-0.2, -0.15) is 0 Å². The highest BCUT2D eigenvalue weighted by molar-refractivity contribution is 5.85. The van der Waals surface area contributed by atoms with Crippen LogP contribution in [0.1, 0.15) is 95.1 Å². The highest BCUT2D eigenvalue weighted by atomic mass is 19.1. The second-order valence-corrected chi connectivity index (χ2v) is 11.3. The first-order valence-electron chi connectivity index (χ1n) is 15.8. The van der Waals surface area contributed by atoms with Crippen LogP contribution in [0.25, 0.3) is 11.0 Å². The van der Waals surface area contributed by atoms with Crippen molar-refractivity contribution in [1.82, 2.24) is 9.80 Å². The van der Waals surface area contributed by atoms with Crippen LogP contribution in [0, 0.1) is 5.82 Å². The molecule has 7 heteroatoms. The zero-order chi connectivity index (χ0) is 30.9. The third kappa shape index (κ3) is 11.5. The lowest BCUT2D eigenvalue weighted by molar-refractivity contribution is -0.140. The van der Waals surface area contributed by atoms with E-state index in [0.29, 0.717) is 28.5 Å². The van der Waals surface area contributed by atoms with Crippen molar-refractivity contribution in [2.45, 2.75) is 97.1 Å². The molecule has 232 valence electrons. The maximum absolute atomic E-state index is 13.6. The Kier molecular flexibility index (Phi) is 14.7. The van der Waals surface area contributed by atoms with E-state index in [4.69, 9.17) is 4.42 Å². The topological polar surface area (TPSA) is 70.8 Å². The van der Waals surface area contributed by atoms with E-state index < -0.39 is 0 Å². The van der Waals surface area contributed by atoms with Crippen molar-refractivity contribution in [2.75, 3.05) is 13.1 Å². The van der Waals surface area contributed by atoms with Gasteiger partial charge in [0.2, 0.25) is 11.8 Å². The monoisotopic (exact) mass is 590 g/mol. The van der Waals surface area contributed by atoms with Crippen molar-refractivity contribution in [2.24, 2.45) is 0 Å². The van der Waals surface area contributed by atoms with Crippen LogP contribution in [0.3, 0.4) is 0 Å². The largest absolute Gasteiger partial charge is 0.464 e. The van der Waals surface area contributed by atoms with Crippen LogP contribution >= 0.6 is 0 Å². The fraction of sp³-hybridized carbons (Fsp3) is 0.472. The van der Waals surface area contributed by atoms with Gasteiger partial charge in [0.25, 0.3) is 0 Å². The number of amides is 2. The van der Waals surface area contributed by atoms with Crippen molar-refractivity contribution in [3.63, 3.8) is 0 Å². The Morgan fingerprint density at radius 2 is 1.44 bits per heavy atom. The molecular formula is C36H47FN2O4. The zero-order valence-electron chi connectivity index (χ0n) is 25.7. The first kappa shape index (κ1) is 33.8. The zero-order valence-corrected chi connectivity index (χ0v) is 25.7. The summed E-state index contributed by atoms with van der Waals surface area (Å²) in [5, 5.41) is 0.435. The lowest BCUT2D eigenvalue weighted by atomic mass is 10.1. The maximum atomic E-state index is 13.6. The van der Waals surface area contributed by atoms with E-state index in [1.54, 1.807) is 42.5 Å². The van der Waals surface area contributed by atoms with Gasteiger partial charge < -0.3 is 14.2 Å². The number of carbonyl (C=O) groups is 2. The molecule has 0 aliphatic carbocycles. The van der Waals surface area contributed by atoms with Crippen molar-refractivity contribution in [1.29, 1.82) is 0 Å². The van der Waals surface area contributed by atoms with Gasteiger partial charge in [0, 0.05) is 19.5 Å². The molecule has 2 aromatic carbocycles. The van der Waals surface area contributed by atoms with E-state index in [1.165, 1.54) is 79.6 Å². The number of hydrogen-bond donors (Lipinski definition) is 0. The molecule has 0 atom stereocenters. The van der Waals surface area contributed by atoms with Gasteiger partial charge in [0.15, 0.2) is 5.43 Å². The average Bonchev–Trinajstić information content (AvgIpc) is 3.01. The number of fused-ring (bicyclic) bond motifs is 1. The van der Waals surface area contributed by atoms with Crippen molar-refractivity contribution >= 4 is 22.8 Å². The Labute approximate surface area is 255 Å². The Hall–Kier alpha value is -3.74. The highest BCUT2D eigenvalue weighted by Crippen LogP contribution is 2.16. The molecule has 0 unspecified atom stereocenters. The summed E-state index contributed by atoms with van der Waals surface area (Å²) >= 11 is 0. The second kappa shape index (κ2) is 18.7. The van der Waals surface area contributed by atoms with E-state index in [1.807, 2.05) is 0 Å². The minimum atomic E-state index is -0.373. The van der Waals surface area contributed by atoms with E-state index in [0.717, 1.165) is 19.3 Å². The fourth-order valence-electron chi connectivity index (χ4n) is 5.25. The first-order chi connectivity index (χ1) is 20.9. The van der Waals surface area contributed by atoms with Crippen molar-refractivity contribution in [3.05, 3.63) is 94.6 Å². The van der Waals surface area contributed by atoms with E-state index in [-0.39, 0.29) is 49.2 Å². The molecule has 0 saturated carbocycles. The maximum Gasteiger partial charge on any atom is 0.242 e. The third-order valence-electron chi connectivity index (χ3n) is 7.77. The van der Waals surface area contributed by atoms with Crippen LogP contribution in [0.5, 0.6) is 0 Å². The number of rotatable bonds is 20. The standard InChI is InChI=1S/C36H47FN2O4/c1-3-5-6-7-8-9-10-11-12-13-14-19-34(40)38(24-4-2)27-35(41)39(25-29-20-22-31(37)23-21-29)26-30-28-43-33-18-16-15-17-32(33)36(30)42/h4,15-18,20-23,28H,2-3,5-14,19,24-27H2,1H3. The smallest absolute Gasteiger partial charge is 0.242 e. The summed E-state index contributed by atoms with van der Waals surface area (Å²) in [5.74, 6) is -0.774. The van der Waals surface area contributed by atoms with Crippen LogP contribution in [-0.4, -0.2) is 34.7 Å². The quantitative estimate of drug-likeness (QED) is 0.0983. The molecule has 0 aliphatic rings. The van der Waals surface area contributed by atoms with Crippen LogP contribution < -0.4 is 5.43 Å². The van der Waals surface area contributed by atoms with Crippen LogP contribution in [0.2, 0.25) is 0 Å². The number of para-hydroxylation sites is 1. The summed E-state index contributed by atoms with van der Waals surface area (Å²) < 4.78 is 19.2. The van der Waals surface area contributed by atoms with Gasteiger partial charge in [0.1, 0.15) is 17.9 Å². The molecule has 2 amide bonds. The molecule has 0 bridgehead atoms. The number of nitrogens with zero attached hydrogens (tertiary/aromatic N) is 2. The lowest BCUT2D eigenvalue weighted by Crippen LogP contribution is -2.43. The molecule has 0 radical (unpaired) electrons. The predicted octanol–water partition coefficient (Wildman–Crippen LogP) is 8.18. The molecule has 0 N–H and O–H groups in total. The van der Waals surface area contributed by atoms with Crippen LogP contribution in [-0.2, 0) is 22.7 Å². The van der Waals surface area contributed by atoms with Gasteiger partial charge in [-0.3, -0.25) is 14.4 Å². The molecule has 0 spiro atoms. The summed E-state index contributed by atoms with van der Waals surface area (Å²) in [6, 6.07) is 12.9. The Balaban J connectivity index is 1.58. The average molecular weight is 591 g/mol. The minimum Gasteiger partial charge on any atom is -0.464 e. The number of benzene rings is 2. The van der Waals surface area contributed by atoms with Crippen LogP contribution in [0.15, 0.2) is 76.7 Å². The third-order valence-corrected chi connectivity index (χ3v) is 7.77. The molecule has 3 aromatic rings. The van der Waals surface area contributed by atoms with E-state index in [9.17, 15) is 18.8 Å². The van der Waals surface area contributed by atoms with E-state index in [2.05, 4.69) is 13.5 Å². The SMILES string of the molecule is C=CCN(CC(=O)N(Cc1ccc(F)cc1)Cc1coc2ccccc2c1=O)C(=O)CCCCCCCCCCCCC. The molecular weight excluding hydrogens is 543 g/mol. The molecule has 0 aliphatic heterocycles. The first-order valence-corrected chi connectivity index (χ1v) is 15.8. The summed E-state index contributed by atoms with van der Waals surface area (Å²) in [7, 11) is 0. The predicted molar refractivity (Wildman–Crippen MR) is 171 cm³/mol. The van der Waals surface area contributed by atoms with Gasteiger partial charge in [0.05, 0.1) is 23.8 Å². The van der Waals surface area contributed by atoms with Gasteiger partial charge >= 0.3 is 0 Å². The van der Waals surface area contributed by atoms with Gasteiger partial charge in [-0.15, -0.1) is 6.58 Å². The molecule has 6 nitrogen and oxygen atoms in total. The summed E-state index contributed by atoms with van der Waals surface area (Å²) in [5.41, 5.74) is 1.30. The number of unbranched alkanes of at least 4 members (excludes halogenated alkanes) is 10. The Bertz CT molecular complexity index is 1350. The minimum absolute atomic E-state index is 0.00188. The van der Waals surface area contributed by atoms with Gasteiger partial charge in [-0.25, -0.2) is 4.39 Å². The Morgan fingerprint density at radius 3 is 2.09 bits per heavy atom. The number of hydrogen-bond acceptors (Lipinski definition) is 4. The number of carbonyl (C=O) groups excluding carboxylic acids is 2. The molecule has 43 heavy (non-hydrogen) atoms. The summed E-state index contributed by atoms with van der Waals surface area (Å²) in [6.07, 6.45) is 16.6.